The molecule has 0 N–H and O–H groups in total. The highest BCUT2D eigenvalue weighted by Gasteiger charge is 2.27. The van der Waals surface area contributed by atoms with Crippen LogP contribution in [-0.2, 0) is 14.8 Å². The van der Waals surface area contributed by atoms with Gasteiger partial charge >= 0.3 is 0 Å². The number of halogens is 1. The van der Waals surface area contributed by atoms with Gasteiger partial charge in [-0.3, -0.25) is 15.0 Å². The minimum atomic E-state index is -4.26. The van der Waals surface area contributed by atoms with E-state index in [1.54, 1.807) is 16.9 Å². The van der Waals surface area contributed by atoms with Gasteiger partial charge in [-0.05, 0) is 18.2 Å². The van der Waals surface area contributed by atoms with Gasteiger partial charge in [-0.25, -0.2) is 4.52 Å². The molecule has 0 unspecified atom stereocenters. The van der Waals surface area contributed by atoms with Crippen LogP contribution in [-0.4, -0.2) is 85.0 Å². The number of rotatable bonds is 9. The summed E-state index contributed by atoms with van der Waals surface area (Å²) in [6, 6.07) is 7.13. The molecule has 0 radical (unpaired) electrons. The van der Waals surface area contributed by atoms with Crippen molar-refractivity contribution in [2.24, 2.45) is 5.10 Å². The number of nitro benzene ring substituents is 1. The van der Waals surface area contributed by atoms with Crippen molar-refractivity contribution in [3.05, 3.63) is 62.9 Å². The predicted molar refractivity (Wildman–Crippen MR) is 131 cm³/mol. The van der Waals surface area contributed by atoms with E-state index in [4.69, 9.17) is 9.47 Å². The van der Waals surface area contributed by atoms with Gasteiger partial charge in [-0.2, -0.15) is 23.0 Å². The normalized spacial score (nSPS) is 15.0. The highest BCUT2D eigenvalue weighted by Crippen LogP contribution is 2.30. The number of sulfonamides is 1. The zero-order valence-electron chi connectivity index (χ0n) is 18.8. The van der Waals surface area contributed by atoms with Gasteiger partial charge in [0.1, 0.15) is 17.3 Å². The van der Waals surface area contributed by atoms with E-state index in [1.807, 2.05) is 12.1 Å². The molecule has 4 rings (SSSR count). The summed E-state index contributed by atoms with van der Waals surface area (Å²) in [5, 5.41) is 19.6. The zero-order chi connectivity index (χ0) is 25.0. The minimum absolute atomic E-state index is 0.0193. The second-order valence-electron chi connectivity index (χ2n) is 7.65. The molecule has 1 fully saturated rings. The van der Waals surface area contributed by atoms with Crippen LogP contribution in [0, 0.1) is 10.1 Å². The molecule has 2 aromatic heterocycles. The maximum Gasteiger partial charge on any atom is 0.282 e. The van der Waals surface area contributed by atoms with Crippen LogP contribution in [0.2, 0.25) is 0 Å². The van der Waals surface area contributed by atoms with Crippen LogP contribution < -0.4 is 4.74 Å². The number of hydrogen-bond donors (Lipinski definition) is 0. The van der Waals surface area contributed by atoms with Gasteiger partial charge in [0, 0.05) is 55.0 Å². The van der Waals surface area contributed by atoms with Gasteiger partial charge in [0.15, 0.2) is 0 Å². The monoisotopic (exact) mass is 566 g/mol. The molecule has 12 nitrogen and oxygen atoms in total. The molecule has 0 amide bonds. The topological polar surface area (TPSA) is 132 Å². The Balaban J connectivity index is 1.57. The molecule has 0 aliphatic carbocycles. The van der Waals surface area contributed by atoms with Crippen LogP contribution >= 0.6 is 15.9 Å². The number of hydrazone groups is 1. The summed E-state index contributed by atoms with van der Waals surface area (Å²) < 4.78 is 40.9. The van der Waals surface area contributed by atoms with Crippen molar-refractivity contribution in [3.8, 4) is 5.75 Å². The summed E-state index contributed by atoms with van der Waals surface area (Å²) in [5.41, 5.74) is 0.944. The Morgan fingerprint density at radius 2 is 2.09 bits per heavy atom. The Kier molecular flexibility index (Phi) is 7.64. The predicted octanol–water partition coefficient (Wildman–Crippen LogP) is 2.37. The summed E-state index contributed by atoms with van der Waals surface area (Å²) in [6.45, 7) is 3.55. The number of benzene rings is 1. The lowest BCUT2D eigenvalue weighted by atomic mass is 10.3. The molecular formula is C21H23BrN6O6S. The van der Waals surface area contributed by atoms with E-state index in [2.05, 4.69) is 31.0 Å². The summed E-state index contributed by atoms with van der Waals surface area (Å²) in [6.07, 6.45) is 4.67. The lowest BCUT2D eigenvalue weighted by molar-refractivity contribution is -0.385. The summed E-state index contributed by atoms with van der Waals surface area (Å²) in [7, 11) is -3.01. The van der Waals surface area contributed by atoms with Gasteiger partial charge in [0.2, 0.25) is 0 Å². The molecule has 1 aromatic carbocycles. The molecule has 0 bridgehead atoms. The highest BCUT2D eigenvalue weighted by atomic mass is 79.9. The Bertz CT molecular complexity index is 1360. The van der Waals surface area contributed by atoms with Crippen molar-refractivity contribution >= 4 is 43.4 Å². The Morgan fingerprint density at radius 3 is 2.83 bits per heavy atom. The number of nitro groups is 1. The van der Waals surface area contributed by atoms with Crippen LogP contribution in [0.3, 0.4) is 0 Å². The average molecular weight is 567 g/mol. The molecule has 1 aliphatic rings. The molecule has 0 spiro atoms. The molecule has 0 atom stereocenters. The van der Waals surface area contributed by atoms with Crippen LogP contribution in [0.1, 0.15) is 5.56 Å². The van der Waals surface area contributed by atoms with Crippen molar-refractivity contribution in [1.82, 2.24) is 18.9 Å². The molecule has 14 heteroatoms. The Labute approximate surface area is 210 Å². The quantitative estimate of drug-likeness (QED) is 0.219. The van der Waals surface area contributed by atoms with Gasteiger partial charge in [0.25, 0.3) is 15.7 Å². The van der Waals surface area contributed by atoms with E-state index in [0.717, 1.165) is 33.6 Å². The maximum absolute atomic E-state index is 13.3. The first-order valence-electron chi connectivity index (χ1n) is 10.6. The summed E-state index contributed by atoms with van der Waals surface area (Å²) in [4.78, 5) is 12.4. The van der Waals surface area contributed by atoms with E-state index in [0.29, 0.717) is 25.3 Å². The number of non-ortho nitro benzene ring substituents is 1. The molecule has 3 heterocycles. The second-order valence-corrected chi connectivity index (χ2v) is 10.5. The number of hydrogen-bond acceptors (Lipinski definition) is 9. The van der Waals surface area contributed by atoms with Crippen LogP contribution in [0.5, 0.6) is 5.75 Å². The van der Waals surface area contributed by atoms with Gasteiger partial charge < -0.3 is 9.47 Å². The summed E-state index contributed by atoms with van der Waals surface area (Å²) >= 11 is 3.40. The fourth-order valence-corrected chi connectivity index (χ4v) is 4.90. The minimum Gasteiger partial charge on any atom is -0.491 e. The van der Waals surface area contributed by atoms with Crippen molar-refractivity contribution in [2.75, 3.05) is 46.5 Å². The van der Waals surface area contributed by atoms with Crippen molar-refractivity contribution in [2.45, 2.75) is 4.90 Å². The fraction of sp³-hybridized carbons (Fsp3) is 0.333. The number of aromatic nitrogens is 2. The molecular weight excluding hydrogens is 544 g/mol. The van der Waals surface area contributed by atoms with Crippen LogP contribution in [0.25, 0.3) is 5.52 Å². The molecule has 1 saturated heterocycles. The van der Waals surface area contributed by atoms with Gasteiger partial charge in [-0.15, -0.1) is 0 Å². The van der Waals surface area contributed by atoms with E-state index in [-0.39, 0.29) is 22.9 Å². The zero-order valence-corrected chi connectivity index (χ0v) is 21.2. The maximum atomic E-state index is 13.3. The highest BCUT2D eigenvalue weighted by molar-refractivity contribution is 9.10. The fourth-order valence-electron chi connectivity index (χ4n) is 3.46. The molecule has 186 valence electrons. The van der Waals surface area contributed by atoms with E-state index in [1.165, 1.54) is 25.4 Å². The van der Waals surface area contributed by atoms with E-state index in [9.17, 15) is 18.5 Å². The average Bonchev–Trinajstić information content (AvgIpc) is 3.25. The first-order valence-corrected chi connectivity index (χ1v) is 12.9. The second kappa shape index (κ2) is 10.7. The van der Waals surface area contributed by atoms with E-state index < -0.39 is 14.9 Å². The third kappa shape index (κ3) is 5.78. The van der Waals surface area contributed by atoms with Crippen molar-refractivity contribution in [1.29, 1.82) is 0 Å². The van der Waals surface area contributed by atoms with Crippen LogP contribution in [0.4, 0.5) is 5.69 Å². The third-order valence-electron chi connectivity index (χ3n) is 5.41. The number of morpholine rings is 1. The van der Waals surface area contributed by atoms with E-state index >= 15 is 0 Å². The summed E-state index contributed by atoms with van der Waals surface area (Å²) in [5.74, 6) is 0.0193. The lowest BCUT2D eigenvalue weighted by Crippen LogP contribution is -2.38. The van der Waals surface area contributed by atoms with Gasteiger partial charge in [0.05, 0.1) is 36.1 Å². The Morgan fingerprint density at radius 1 is 1.31 bits per heavy atom. The standard InChI is InChI=1S/C21H23BrN6O6S/c1-25(23-14-16-15-24-27-5-4-17(22)12-19(16)27)35(31,32)21-13-18(28(29)30)2-3-20(21)34-11-8-26-6-9-33-10-7-26/h2-5,12-15H,6-11H2,1H3/b23-14-. The number of pyridine rings is 1. The van der Waals surface area contributed by atoms with Crippen LogP contribution in [0.15, 0.2) is 57.2 Å². The molecule has 3 aromatic rings. The SMILES string of the molecule is CN(/N=C\c1cnn2ccc(Br)cc12)S(=O)(=O)c1cc([N+](=O)[O-])ccc1OCCN1CCOCC1. The smallest absolute Gasteiger partial charge is 0.282 e. The third-order valence-corrected chi connectivity index (χ3v) is 7.56. The van der Waals surface area contributed by atoms with Crippen molar-refractivity contribution < 1.29 is 22.8 Å². The number of nitrogens with zero attached hydrogens (tertiary/aromatic N) is 6. The molecule has 0 saturated carbocycles. The Hall–Kier alpha value is -3.07. The molecule has 1 aliphatic heterocycles. The molecule has 35 heavy (non-hydrogen) atoms. The lowest BCUT2D eigenvalue weighted by Gasteiger charge is -2.26. The first-order chi connectivity index (χ1) is 16.8. The number of ether oxygens (including phenoxy) is 2. The van der Waals surface area contributed by atoms with Gasteiger partial charge in [-0.1, -0.05) is 15.9 Å². The first kappa shape index (κ1) is 25.0. The van der Waals surface area contributed by atoms with Crippen molar-refractivity contribution in [3.63, 3.8) is 0 Å². The largest absolute Gasteiger partial charge is 0.491 e. The number of fused-ring (bicyclic) bond motifs is 1.